The highest BCUT2D eigenvalue weighted by molar-refractivity contribution is 7.99. The number of carbonyl (C=O) groups excluding carboxylic acids is 2. The molecule has 1 atom stereocenters. The zero-order valence-corrected chi connectivity index (χ0v) is 24.8. The van der Waals surface area contributed by atoms with Gasteiger partial charge in [0.05, 0.1) is 12.9 Å². The number of aryl methyl sites for hydroxylation is 3. The lowest BCUT2D eigenvalue weighted by Crippen LogP contribution is -2.17. The minimum Gasteiger partial charge on any atom is -0.483 e. The van der Waals surface area contributed by atoms with Crippen molar-refractivity contribution in [3.8, 4) is 16.9 Å². The zero-order valence-electron chi connectivity index (χ0n) is 23.2. The first-order chi connectivity index (χ1) is 19.2. The molecule has 0 spiro atoms. The molecular formula is C30H32N4O4S2. The third kappa shape index (κ3) is 6.46. The molecule has 2 aromatic carbocycles. The fourth-order valence-corrected chi connectivity index (χ4v) is 6.06. The van der Waals surface area contributed by atoms with Crippen molar-refractivity contribution in [2.24, 2.45) is 0 Å². The van der Waals surface area contributed by atoms with Crippen LogP contribution in [-0.2, 0) is 16.1 Å². The zero-order chi connectivity index (χ0) is 28.8. The van der Waals surface area contributed by atoms with E-state index < -0.39 is 5.97 Å². The van der Waals surface area contributed by atoms with Gasteiger partial charge in [-0.15, -0.1) is 28.1 Å². The highest BCUT2D eigenvalue weighted by Gasteiger charge is 2.26. The molecule has 0 bridgehead atoms. The summed E-state index contributed by atoms with van der Waals surface area (Å²) in [4.78, 5) is 26.7. The van der Waals surface area contributed by atoms with Crippen molar-refractivity contribution in [3.63, 3.8) is 0 Å². The Balaban J connectivity index is 1.50. The number of benzene rings is 2. The van der Waals surface area contributed by atoms with E-state index in [9.17, 15) is 9.59 Å². The summed E-state index contributed by atoms with van der Waals surface area (Å²) in [7, 11) is 1.33. The molecule has 0 aliphatic carbocycles. The monoisotopic (exact) mass is 576 g/mol. The molecule has 0 radical (unpaired) electrons. The van der Waals surface area contributed by atoms with E-state index in [4.69, 9.17) is 9.47 Å². The van der Waals surface area contributed by atoms with E-state index >= 15 is 0 Å². The van der Waals surface area contributed by atoms with E-state index in [1.54, 1.807) is 6.08 Å². The van der Waals surface area contributed by atoms with Crippen molar-refractivity contribution in [2.45, 2.75) is 45.5 Å². The second kappa shape index (κ2) is 13.0. The predicted octanol–water partition coefficient (Wildman–Crippen LogP) is 6.78. The van der Waals surface area contributed by atoms with Gasteiger partial charge >= 0.3 is 5.97 Å². The van der Waals surface area contributed by atoms with E-state index in [1.807, 2.05) is 73.9 Å². The summed E-state index contributed by atoms with van der Waals surface area (Å²) in [6.45, 7) is 12.3. The lowest BCUT2D eigenvalue weighted by molar-refractivity contribution is -0.113. The maximum absolute atomic E-state index is 13.0. The minimum absolute atomic E-state index is 0.0693. The quantitative estimate of drug-likeness (QED) is 0.120. The van der Waals surface area contributed by atoms with E-state index in [0.29, 0.717) is 28.1 Å². The highest BCUT2D eigenvalue weighted by Crippen LogP contribution is 2.40. The van der Waals surface area contributed by atoms with Crippen molar-refractivity contribution in [3.05, 3.63) is 88.6 Å². The number of allylic oxidation sites excluding steroid dienone is 1. The minimum atomic E-state index is -0.501. The number of rotatable bonds is 11. The number of nitrogens with one attached hydrogen (secondary N) is 1. The van der Waals surface area contributed by atoms with E-state index in [-0.39, 0.29) is 17.8 Å². The van der Waals surface area contributed by atoms with Gasteiger partial charge in [-0.2, -0.15) is 0 Å². The number of thioether (sulfide) groups is 1. The van der Waals surface area contributed by atoms with Gasteiger partial charge in [0.15, 0.2) is 17.1 Å². The fraction of sp³-hybridized carbons (Fsp3) is 0.267. The summed E-state index contributed by atoms with van der Waals surface area (Å²) in [6.07, 6.45) is 1.38. The summed E-state index contributed by atoms with van der Waals surface area (Å²) in [5.74, 6) is 0.680. The highest BCUT2D eigenvalue weighted by atomic mass is 32.2. The Morgan fingerprint density at radius 3 is 2.55 bits per heavy atom. The Hall–Kier alpha value is -3.89. The number of hydrogen-bond donors (Lipinski definition) is 1. The molecule has 1 N–H and O–H groups in total. The number of aromatic nitrogens is 3. The van der Waals surface area contributed by atoms with Crippen LogP contribution in [0.4, 0.5) is 5.00 Å². The number of carbonyl (C=O) groups is 2. The van der Waals surface area contributed by atoms with Gasteiger partial charge in [-0.1, -0.05) is 54.2 Å². The van der Waals surface area contributed by atoms with Crippen molar-refractivity contribution in [1.29, 1.82) is 0 Å². The Kier molecular flexibility index (Phi) is 9.44. The van der Waals surface area contributed by atoms with Crippen LogP contribution in [0.2, 0.25) is 0 Å². The van der Waals surface area contributed by atoms with Crippen LogP contribution in [-0.4, -0.2) is 39.5 Å². The Bertz CT molecular complexity index is 1530. The van der Waals surface area contributed by atoms with Crippen LogP contribution in [0.3, 0.4) is 0 Å². The normalized spacial score (nSPS) is 11.6. The van der Waals surface area contributed by atoms with Crippen molar-refractivity contribution < 1.29 is 19.1 Å². The molecule has 208 valence electrons. The standard InChI is InChI=1S/C30H32N4O4S2/c1-7-15-34-27(20(4)38-23-14-13-18(2)19(3)16-23)32-33-30(34)39-17-24(35)31-28-26(29(36)37-6)25(21(5)40-28)22-11-9-8-10-12-22/h7-14,16,20H,1,15,17H2,2-6H3,(H,31,35). The summed E-state index contributed by atoms with van der Waals surface area (Å²) in [6, 6.07) is 15.5. The van der Waals surface area contributed by atoms with Crippen LogP contribution < -0.4 is 10.1 Å². The summed E-state index contributed by atoms with van der Waals surface area (Å²) >= 11 is 2.60. The first-order valence-electron chi connectivity index (χ1n) is 12.7. The van der Waals surface area contributed by atoms with Crippen LogP contribution in [0.5, 0.6) is 5.75 Å². The molecule has 1 amide bonds. The van der Waals surface area contributed by atoms with Crippen molar-refractivity contribution in [2.75, 3.05) is 18.2 Å². The smallest absolute Gasteiger partial charge is 0.341 e. The fourth-order valence-electron chi connectivity index (χ4n) is 4.23. The van der Waals surface area contributed by atoms with Crippen LogP contribution in [0, 0.1) is 20.8 Å². The molecule has 0 saturated carbocycles. The molecule has 10 heteroatoms. The largest absolute Gasteiger partial charge is 0.483 e. The average molecular weight is 577 g/mol. The maximum Gasteiger partial charge on any atom is 0.341 e. The second-order valence-electron chi connectivity index (χ2n) is 9.18. The van der Waals surface area contributed by atoms with Gasteiger partial charge in [-0.3, -0.25) is 9.36 Å². The molecule has 4 rings (SSSR count). The first-order valence-corrected chi connectivity index (χ1v) is 14.5. The van der Waals surface area contributed by atoms with E-state index in [0.717, 1.165) is 27.3 Å². The third-order valence-electron chi connectivity index (χ3n) is 6.33. The number of anilines is 1. The molecular weight excluding hydrogens is 544 g/mol. The van der Waals surface area contributed by atoms with Crippen molar-refractivity contribution >= 4 is 40.0 Å². The van der Waals surface area contributed by atoms with Gasteiger partial charge < -0.3 is 14.8 Å². The maximum atomic E-state index is 13.0. The van der Waals surface area contributed by atoms with Crippen LogP contribution >= 0.6 is 23.1 Å². The van der Waals surface area contributed by atoms with Crippen LogP contribution in [0.25, 0.3) is 11.1 Å². The summed E-state index contributed by atoms with van der Waals surface area (Å²) < 4.78 is 13.1. The lowest BCUT2D eigenvalue weighted by Gasteiger charge is -2.16. The number of esters is 1. The molecule has 0 saturated heterocycles. The number of thiophene rings is 1. The first kappa shape index (κ1) is 29.1. The van der Waals surface area contributed by atoms with Crippen molar-refractivity contribution in [1.82, 2.24) is 14.8 Å². The van der Waals surface area contributed by atoms with Gasteiger partial charge in [-0.25, -0.2) is 4.79 Å². The molecule has 0 aliphatic heterocycles. The Morgan fingerprint density at radius 2 is 1.88 bits per heavy atom. The molecule has 0 fully saturated rings. The van der Waals surface area contributed by atoms with E-state index in [2.05, 4.69) is 29.0 Å². The average Bonchev–Trinajstić information content (AvgIpc) is 3.49. The summed E-state index contributed by atoms with van der Waals surface area (Å²) in [5, 5.41) is 12.6. The molecule has 2 aromatic heterocycles. The Morgan fingerprint density at radius 1 is 1.12 bits per heavy atom. The molecule has 8 nitrogen and oxygen atoms in total. The number of hydrogen-bond acceptors (Lipinski definition) is 8. The van der Waals surface area contributed by atoms with Gasteiger partial charge in [0.25, 0.3) is 0 Å². The molecule has 40 heavy (non-hydrogen) atoms. The molecule has 0 aliphatic rings. The Labute approximate surface area is 242 Å². The van der Waals surface area contributed by atoms with Gasteiger partial charge in [0.1, 0.15) is 16.3 Å². The van der Waals surface area contributed by atoms with Crippen LogP contribution in [0.15, 0.2) is 66.3 Å². The molecule has 4 aromatic rings. The van der Waals surface area contributed by atoms with Gasteiger partial charge in [0, 0.05) is 17.0 Å². The number of ether oxygens (including phenoxy) is 2. The van der Waals surface area contributed by atoms with Gasteiger partial charge in [-0.05, 0) is 56.5 Å². The van der Waals surface area contributed by atoms with Gasteiger partial charge in [0.2, 0.25) is 5.91 Å². The van der Waals surface area contributed by atoms with Crippen LogP contribution in [0.1, 0.15) is 45.2 Å². The number of amides is 1. The van der Waals surface area contributed by atoms with E-state index in [1.165, 1.54) is 35.8 Å². The number of nitrogens with zero attached hydrogens (tertiary/aromatic N) is 3. The lowest BCUT2D eigenvalue weighted by atomic mass is 10.0. The SMILES string of the molecule is C=CCn1c(SCC(=O)Nc2sc(C)c(-c3ccccc3)c2C(=O)OC)nnc1C(C)Oc1ccc(C)c(C)c1. The number of methoxy groups -OCH3 is 1. The predicted molar refractivity (Wildman–Crippen MR) is 160 cm³/mol. The summed E-state index contributed by atoms with van der Waals surface area (Å²) in [5.41, 5.74) is 4.33. The molecule has 1 unspecified atom stereocenters. The third-order valence-corrected chi connectivity index (χ3v) is 8.32. The topological polar surface area (TPSA) is 95.3 Å². The second-order valence-corrected chi connectivity index (χ2v) is 11.3. The molecule has 2 heterocycles.